The van der Waals surface area contributed by atoms with Crippen molar-refractivity contribution in [3.63, 3.8) is 0 Å². The second-order valence-corrected chi connectivity index (χ2v) is 7.55. The summed E-state index contributed by atoms with van der Waals surface area (Å²) < 4.78 is 29.2. The van der Waals surface area contributed by atoms with Gasteiger partial charge in [0, 0.05) is 6.61 Å². The number of aliphatic hydroxyl groups excluding tert-OH is 1. The zero-order chi connectivity index (χ0) is 19.0. The molecule has 0 unspecified atom stereocenters. The van der Waals surface area contributed by atoms with Crippen LogP contribution >= 0.6 is 0 Å². The summed E-state index contributed by atoms with van der Waals surface area (Å²) in [7, 11) is 0. The van der Waals surface area contributed by atoms with Gasteiger partial charge in [-0.3, -0.25) is 0 Å². The van der Waals surface area contributed by atoms with Crippen molar-refractivity contribution in [1.29, 1.82) is 0 Å². The van der Waals surface area contributed by atoms with Gasteiger partial charge >= 0.3 is 0 Å². The molecule has 2 aliphatic heterocycles. The summed E-state index contributed by atoms with van der Waals surface area (Å²) in [5, 5.41) is 10.7. The van der Waals surface area contributed by atoms with E-state index in [2.05, 4.69) is 13.5 Å². The SMILES string of the molecule is C=CCO[C@@H]1[C@@H](O)[C@H](OCCCCCCCC)O[C@@H]2COC(C)(C)O[C@@H]12. The molecule has 0 amide bonds. The van der Waals surface area contributed by atoms with E-state index in [4.69, 9.17) is 23.7 Å². The molecule has 152 valence electrons. The Balaban J connectivity index is 1.85. The molecule has 0 spiro atoms. The van der Waals surface area contributed by atoms with E-state index in [9.17, 15) is 5.11 Å². The van der Waals surface area contributed by atoms with E-state index < -0.39 is 30.4 Å². The van der Waals surface area contributed by atoms with E-state index in [0.29, 0.717) is 19.8 Å². The molecular formula is C20H36O6. The van der Waals surface area contributed by atoms with Gasteiger partial charge in [-0.15, -0.1) is 6.58 Å². The minimum atomic E-state index is -0.912. The molecule has 26 heavy (non-hydrogen) atoms. The van der Waals surface area contributed by atoms with Crippen LogP contribution in [0.4, 0.5) is 0 Å². The number of unbranched alkanes of at least 4 members (excludes halogenated alkanes) is 5. The predicted molar refractivity (Wildman–Crippen MR) is 98.8 cm³/mol. The topological polar surface area (TPSA) is 66.4 Å². The molecule has 2 fully saturated rings. The molecule has 2 rings (SSSR count). The maximum absolute atomic E-state index is 10.7. The third-order valence-electron chi connectivity index (χ3n) is 4.82. The lowest BCUT2D eigenvalue weighted by Crippen LogP contribution is -2.65. The van der Waals surface area contributed by atoms with Gasteiger partial charge in [-0.1, -0.05) is 45.1 Å². The molecule has 0 aromatic heterocycles. The van der Waals surface area contributed by atoms with Crippen molar-refractivity contribution in [3.8, 4) is 0 Å². The van der Waals surface area contributed by atoms with Crippen LogP contribution in [0.3, 0.4) is 0 Å². The molecule has 6 heteroatoms. The van der Waals surface area contributed by atoms with Crippen molar-refractivity contribution < 1.29 is 28.8 Å². The Hall–Kier alpha value is -0.500. The van der Waals surface area contributed by atoms with Gasteiger partial charge in [-0.25, -0.2) is 0 Å². The lowest BCUT2D eigenvalue weighted by Gasteiger charge is -2.49. The second-order valence-electron chi connectivity index (χ2n) is 7.55. The summed E-state index contributed by atoms with van der Waals surface area (Å²) in [4.78, 5) is 0. The fourth-order valence-electron chi connectivity index (χ4n) is 3.40. The Morgan fingerprint density at radius 3 is 2.62 bits per heavy atom. The van der Waals surface area contributed by atoms with E-state index >= 15 is 0 Å². The third kappa shape index (κ3) is 6.29. The van der Waals surface area contributed by atoms with E-state index in [1.165, 1.54) is 25.7 Å². The maximum Gasteiger partial charge on any atom is 0.186 e. The number of aliphatic hydroxyl groups is 1. The highest BCUT2D eigenvalue weighted by molar-refractivity contribution is 4.95. The number of fused-ring (bicyclic) bond motifs is 1. The van der Waals surface area contributed by atoms with Crippen molar-refractivity contribution in [3.05, 3.63) is 12.7 Å². The van der Waals surface area contributed by atoms with Crippen LogP contribution < -0.4 is 0 Å². The lowest BCUT2D eigenvalue weighted by molar-refractivity contribution is -0.385. The highest BCUT2D eigenvalue weighted by atomic mass is 16.8. The molecule has 0 aromatic rings. The van der Waals surface area contributed by atoms with Gasteiger partial charge in [0.05, 0.1) is 13.2 Å². The maximum atomic E-state index is 10.7. The molecule has 2 heterocycles. The first-order valence-electron chi connectivity index (χ1n) is 9.98. The zero-order valence-electron chi connectivity index (χ0n) is 16.5. The molecule has 1 N–H and O–H groups in total. The van der Waals surface area contributed by atoms with Crippen LogP contribution in [0.2, 0.25) is 0 Å². The fourth-order valence-corrected chi connectivity index (χ4v) is 3.40. The summed E-state index contributed by atoms with van der Waals surface area (Å²) >= 11 is 0. The average Bonchev–Trinajstić information content (AvgIpc) is 2.60. The summed E-state index contributed by atoms with van der Waals surface area (Å²) in [5.74, 6) is -0.730. The van der Waals surface area contributed by atoms with Crippen molar-refractivity contribution >= 4 is 0 Å². The van der Waals surface area contributed by atoms with Crippen LogP contribution in [0.5, 0.6) is 0 Å². The van der Waals surface area contributed by atoms with Gasteiger partial charge < -0.3 is 28.8 Å². The van der Waals surface area contributed by atoms with Gasteiger partial charge in [-0.05, 0) is 20.3 Å². The van der Waals surface area contributed by atoms with E-state index in [1.807, 2.05) is 13.8 Å². The molecule has 5 atom stereocenters. The number of rotatable bonds is 11. The summed E-state index contributed by atoms with van der Waals surface area (Å²) in [6.07, 6.45) is 5.87. The zero-order valence-corrected chi connectivity index (χ0v) is 16.5. The average molecular weight is 373 g/mol. The first-order chi connectivity index (χ1) is 12.5. The summed E-state index contributed by atoms with van der Waals surface area (Å²) in [6, 6.07) is 0. The third-order valence-corrected chi connectivity index (χ3v) is 4.82. The van der Waals surface area contributed by atoms with Crippen LogP contribution in [0.1, 0.15) is 59.3 Å². The molecule has 0 bridgehead atoms. The summed E-state index contributed by atoms with van der Waals surface area (Å²) in [6.45, 7) is 10.9. The van der Waals surface area contributed by atoms with Gasteiger partial charge in [0.15, 0.2) is 12.1 Å². The highest BCUT2D eigenvalue weighted by Crippen LogP contribution is 2.34. The molecule has 0 saturated carbocycles. The van der Waals surface area contributed by atoms with Crippen LogP contribution in [0.15, 0.2) is 12.7 Å². The molecule has 2 saturated heterocycles. The summed E-state index contributed by atoms with van der Waals surface area (Å²) in [5.41, 5.74) is 0. The Kier molecular flexibility index (Phi) is 9.00. The van der Waals surface area contributed by atoms with Crippen LogP contribution in [0.25, 0.3) is 0 Å². The van der Waals surface area contributed by atoms with Crippen molar-refractivity contribution in [1.82, 2.24) is 0 Å². The Morgan fingerprint density at radius 1 is 1.15 bits per heavy atom. The van der Waals surface area contributed by atoms with Crippen molar-refractivity contribution in [2.45, 2.75) is 95.8 Å². The quantitative estimate of drug-likeness (QED) is 0.444. The minimum absolute atomic E-state index is 0.323. The lowest BCUT2D eigenvalue weighted by atomic mass is 9.97. The van der Waals surface area contributed by atoms with Gasteiger partial charge in [-0.2, -0.15) is 0 Å². The molecule has 2 aliphatic rings. The molecule has 0 aliphatic carbocycles. The minimum Gasteiger partial charge on any atom is -0.385 e. The van der Waals surface area contributed by atoms with Crippen LogP contribution in [-0.2, 0) is 23.7 Å². The van der Waals surface area contributed by atoms with Crippen molar-refractivity contribution in [2.24, 2.45) is 0 Å². The van der Waals surface area contributed by atoms with E-state index in [0.717, 1.165) is 12.8 Å². The Bertz CT molecular complexity index is 413. The van der Waals surface area contributed by atoms with Gasteiger partial charge in [0.25, 0.3) is 0 Å². The Labute approximate surface area is 157 Å². The van der Waals surface area contributed by atoms with Crippen LogP contribution in [0, 0.1) is 0 Å². The van der Waals surface area contributed by atoms with E-state index in [1.54, 1.807) is 6.08 Å². The fraction of sp³-hybridized carbons (Fsp3) is 0.900. The van der Waals surface area contributed by atoms with Gasteiger partial charge in [0.1, 0.15) is 24.4 Å². The van der Waals surface area contributed by atoms with Gasteiger partial charge in [0.2, 0.25) is 0 Å². The number of ether oxygens (including phenoxy) is 5. The smallest absolute Gasteiger partial charge is 0.186 e. The second kappa shape index (κ2) is 10.7. The molecule has 6 nitrogen and oxygen atoms in total. The number of hydrogen-bond acceptors (Lipinski definition) is 6. The normalized spacial score (nSPS) is 33.6. The van der Waals surface area contributed by atoms with E-state index in [-0.39, 0.29) is 6.10 Å². The first kappa shape index (κ1) is 21.8. The van der Waals surface area contributed by atoms with Crippen molar-refractivity contribution in [2.75, 3.05) is 19.8 Å². The monoisotopic (exact) mass is 372 g/mol. The molecular weight excluding hydrogens is 336 g/mol. The highest BCUT2D eigenvalue weighted by Gasteiger charge is 2.51. The molecule has 0 radical (unpaired) electrons. The Morgan fingerprint density at radius 2 is 1.88 bits per heavy atom. The van der Waals surface area contributed by atoms with Crippen LogP contribution in [-0.4, -0.2) is 61.4 Å². The first-order valence-corrected chi connectivity index (χ1v) is 9.98. The molecule has 0 aromatic carbocycles. The predicted octanol–water partition coefficient (Wildman–Crippen LogP) is 3.17. The number of hydrogen-bond donors (Lipinski definition) is 1. The standard InChI is InChI=1S/C20H36O6/c1-5-7-8-9-10-11-13-23-19-16(21)18(22-12-6-2)17-15(25-19)14-24-20(3,4)26-17/h6,15-19,21H,2,5,7-14H2,1,3-4H3/t15-,16-,17-,18-,19-/m1/s1. The largest absolute Gasteiger partial charge is 0.385 e.